The van der Waals surface area contributed by atoms with Gasteiger partial charge in [-0.25, -0.2) is 4.98 Å². The normalized spacial score (nSPS) is 11.9. The molecule has 228 valence electrons. The van der Waals surface area contributed by atoms with Crippen LogP contribution in [0.5, 0.6) is 0 Å². The minimum absolute atomic E-state index is 0.150. The van der Waals surface area contributed by atoms with Gasteiger partial charge in [-0.2, -0.15) is 13.2 Å². The van der Waals surface area contributed by atoms with Gasteiger partial charge in [0.1, 0.15) is 5.82 Å². The van der Waals surface area contributed by atoms with Crippen LogP contribution in [0.25, 0.3) is 22.2 Å². The van der Waals surface area contributed by atoms with Crippen LogP contribution in [0, 0.1) is 0 Å². The molecule has 2 N–H and O–H groups in total. The second-order valence-electron chi connectivity index (χ2n) is 10.0. The standard InChI is InChI=1S/C33H27F3N6O3/c1-3-42(2)32(45)29(26-8-4-5-17-37-26)41-30(43)22-11-15-25-21(19-22)12-16-27(39-25)40-31(44)24-7-6-18-38-28(24)20-9-13-23(14-10-20)33(34,35)36/h4-19,29H,3H2,1-2H3,(H,41,43)(H,39,40,44). The van der Waals surface area contributed by atoms with Crippen molar-refractivity contribution in [2.24, 2.45) is 0 Å². The van der Waals surface area contributed by atoms with Gasteiger partial charge in [0.25, 0.3) is 17.7 Å². The molecule has 12 heteroatoms. The van der Waals surface area contributed by atoms with Crippen LogP contribution >= 0.6 is 0 Å². The highest BCUT2D eigenvalue weighted by Crippen LogP contribution is 2.31. The summed E-state index contributed by atoms with van der Waals surface area (Å²) in [6.07, 6.45) is -1.49. The zero-order valence-corrected chi connectivity index (χ0v) is 24.2. The Morgan fingerprint density at radius 3 is 2.31 bits per heavy atom. The van der Waals surface area contributed by atoms with Crippen LogP contribution in [-0.2, 0) is 11.0 Å². The monoisotopic (exact) mass is 612 g/mol. The molecule has 0 fully saturated rings. The lowest BCUT2D eigenvalue weighted by molar-refractivity contribution is -0.137. The third-order valence-electron chi connectivity index (χ3n) is 7.09. The van der Waals surface area contributed by atoms with E-state index in [1.54, 1.807) is 67.8 Å². The lowest BCUT2D eigenvalue weighted by Gasteiger charge is -2.23. The number of hydrogen-bond donors (Lipinski definition) is 2. The lowest BCUT2D eigenvalue weighted by Crippen LogP contribution is -2.41. The van der Waals surface area contributed by atoms with Crippen LogP contribution in [0.1, 0.15) is 44.9 Å². The molecule has 1 atom stereocenters. The molecule has 0 bridgehead atoms. The van der Waals surface area contributed by atoms with Gasteiger partial charge in [0, 0.05) is 42.5 Å². The van der Waals surface area contributed by atoms with E-state index >= 15 is 0 Å². The van der Waals surface area contributed by atoms with E-state index in [1.165, 1.54) is 29.3 Å². The number of rotatable bonds is 8. The summed E-state index contributed by atoms with van der Waals surface area (Å²) in [5, 5.41) is 6.10. The van der Waals surface area contributed by atoms with Crippen LogP contribution in [0.2, 0.25) is 0 Å². The van der Waals surface area contributed by atoms with Crippen LogP contribution in [0.15, 0.2) is 97.3 Å². The van der Waals surface area contributed by atoms with Gasteiger partial charge in [0.15, 0.2) is 6.04 Å². The zero-order chi connectivity index (χ0) is 32.1. The SMILES string of the molecule is CCN(C)C(=O)C(NC(=O)c1ccc2nc(NC(=O)c3cccnc3-c3ccc(C(F)(F)F)cc3)ccc2c1)c1ccccn1. The molecule has 0 aliphatic rings. The molecule has 0 saturated heterocycles. The number of pyridine rings is 3. The van der Waals surface area contributed by atoms with Crippen molar-refractivity contribution in [2.45, 2.75) is 19.1 Å². The molecule has 3 amide bonds. The third kappa shape index (κ3) is 6.96. The first-order valence-electron chi connectivity index (χ1n) is 13.9. The first-order valence-corrected chi connectivity index (χ1v) is 13.9. The van der Waals surface area contributed by atoms with Crippen molar-refractivity contribution in [2.75, 3.05) is 18.9 Å². The molecule has 45 heavy (non-hydrogen) atoms. The average molecular weight is 613 g/mol. The van der Waals surface area contributed by atoms with Crippen molar-refractivity contribution in [1.29, 1.82) is 0 Å². The highest BCUT2D eigenvalue weighted by molar-refractivity contribution is 6.08. The van der Waals surface area contributed by atoms with Crippen molar-refractivity contribution < 1.29 is 27.6 Å². The number of halogens is 3. The Labute approximate surface area is 256 Å². The van der Waals surface area contributed by atoms with E-state index in [-0.39, 0.29) is 23.0 Å². The number of nitrogens with one attached hydrogen (secondary N) is 2. The summed E-state index contributed by atoms with van der Waals surface area (Å²) in [5.41, 5.74) is 1.10. The summed E-state index contributed by atoms with van der Waals surface area (Å²) >= 11 is 0. The van der Waals surface area contributed by atoms with E-state index < -0.39 is 29.6 Å². The van der Waals surface area contributed by atoms with Gasteiger partial charge in [-0.05, 0) is 73.7 Å². The summed E-state index contributed by atoms with van der Waals surface area (Å²) in [5.74, 6) is -1.11. The van der Waals surface area contributed by atoms with Crippen molar-refractivity contribution >= 4 is 34.4 Å². The van der Waals surface area contributed by atoms with Gasteiger partial charge in [0.05, 0.1) is 28.0 Å². The Morgan fingerprint density at radius 1 is 0.867 bits per heavy atom. The van der Waals surface area contributed by atoms with Gasteiger partial charge in [-0.3, -0.25) is 24.4 Å². The average Bonchev–Trinajstić information content (AvgIpc) is 3.06. The van der Waals surface area contributed by atoms with Gasteiger partial charge < -0.3 is 15.5 Å². The molecule has 3 heterocycles. The Morgan fingerprint density at radius 2 is 1.62 bits per heavy atom. The summed E-state index contributed by atoms with van der Waals surface area (Å²) < 4.78 is 39.0. The number of anilines is 1. The molecular weight excluding hydrogens is 585 g/mol. The fourth-order valence-electron chi connectivity index (χ4n) is 4.56. The topological polar surface area (TPSA) is 117 Å². The molecule has 9 nitrogen and oxygen atoms in total. The Balaban J connectivity index is 1.34. The number of carbonyl (C=O) groups is 3. The molecule has 1 unspecified atom stereocenters. The number of amides is 3. The Bertz CT molecular complexity index is 1860. The van der Waals surface area contributed by atoms with Crippen molar-refractivity contribution in [3.05, 3.63) is 120 Å². The van der Waals surface area contributed by atoms with E-state index in [4.69, 9.17) is 0 Å². The molecule has 5 aromatic rings. The molecule has 3 aromatic heterocycles. The van der Waals surface area contributed by atoms with Crippen LogP contribution in [0.4, 0.5) is 19.0 Å². The van der Waals surface area contributed by atoms with Gasteiger partial charge >= 0.3 is 6.18 Å². The minimum atomic E-state index is -4.48. The second-order valence-corrected chi connectivity index (χ2v) is 10.0. The molecule has 0 spiro atoms. The van der Waals surface area contributed by atoms with E-state index in [0.29, 0.717) is 34.3 Å². The molecule has 0 radical (unpaired) electrons. The van der Waals surface area contributed by atoms with E-state index in [9.17, 15) is 27.6 Å². The van der Waals surface area contributed by atoms with Gasteiger partial charge in [-0.1, -0.05) is 18.2 Å². The predicted octanol–water partition coefficient (Wildman–Crippen LogP) is 5.91. The van der Waals surface area contributed by atoms with E-state index in [2.05, 4.69) is 25.6 Å². The second kappa shape index (κ2) is 12.9. The fraction of sp³-hybridized carbons (Fsp3) is 0.152. The Kier molecular flexibility index (Phi) is 8.84. The van der Waals surface area contributed by atoms with Crippen molar-refractivity contribution in [3.63, 3.8) is 0 Å². The first kappa shape index (κ1) is 30.8. The van der Waals surface area contributed by atoms with Crippen LogP contribution < -0.4 is 10.6 Å². The maximum absolute atomic E-state index is 13.2. The van der Waals surface area contributed by atoms with E-state index in [0.717, 1.165) is 12.1 Å². The molecule has 5 rings (SSSR count). The number of nitrogens with zero attached hydrogens (tertiary/aromatic N) is 4. The summed E-state index contributed by atoms with van der Waals surface area (Å²) in [6.45, 7) is 2.28. The molecule has 0 aliphatic carbocycles. The number of hydrogen-bond acceptors (Lipinski definition) is 6. The summed E-state index contributed by atoms with van der Waals surface area (Å²) in [6, 6.07) is 19.7. The number of carbonyl (C=O) groups excluding carboxylic acids is 3. The first-order chi connectivity index (χ1) is 21.5. The molecule has 2 aromatic carbocycles. The fourth-order valence-corrected chi connectivity index (χ4v) is 4.56. The number of fused-ring (bicyclic) bond motifs is 1. The Hall–Kier alpha value is -5.65. The predicted molar refractivity (Wildman–Crippen MR) is 162 cm³/mol. The number of benzene rings is 2. The van der Waals surface area contributed by atoms with Gasteiger partial charge in [-0.15, -0.1) is 0 Å². The quantitative estimate of drug-likeness (QED) is 0.225. The molecular formula is C33H27F3N6O3. The third-order valence-corrected chi connectivity index (χ3v) is 7.09. The lowest BCUT2D eigenvalue weighted by atomic mass is 10.0. The maximum Gasteiger partial charge on any atom is 0.416 e. The molecule has 0 saturated carbocycles. The largest absolute Gasteiger partial charge is 0.416 e. The van der Waals surface area contributed by atoms with Gasteiger partial charge in [0.2, 0.25) is 0 Å². The van der Waals surface area contributed by atoms with Crippen LogP contribution in [-0.4, -0.2) is 51.2 Å². The summed E-state index contributed by atoms with van der Waals surface area (Å²) in [4.78, 5) is 53.9. The zero-order valence-electron chi connectivity index (χ0n) is 24.2. The van der Waals surface area contributed by atoms with E-state index in [1.807, 2.05) is 6.92 Å². The smallest absolute Gasteiger partial charge is 0.344 e. The number of likely N-dealkylation sites (N-methyl/N-ethyl adjacent to an activating group) is 1. The minimum Gasteiger partial charge on any atom is -0.344 e. The van der Waals surface area contributed by atoms with Crippen LogP contribution in [0.3, 0.4) is 0 Å². The summed E-state index contributed by atoms with van der Waals surface area (Å²) in [7, 11) is 1.65. The number of alkyl halides is 3. The van der Waals surface area contributed by atoms with Crippen molar-refractivity contribution in [3.8, 4) is 11.3 Å². The number of aromatic nitrogens is 3. The highest BCUT2D eigenvalue weighted by Gasteiger charge is 2.30. The van der Waals surface area contributed by atoms with Crippen molar-refractivity contribution in [1.82, 2.24) is 25.2 Å². The highest BCUT2D eigenvalue weighted by atomic mass is 19.4. The maximum atomic E-state index is 13.2. The molecule has 0 aliphatic heterocycles.